The van der Waals surface area contributed by atoms with E-state index in [1.165, 1.54) is 31.6 Å². The van der Waals surface area contributed by atoms with Gasteiger partial charge in [0.2, 0.25) is 5.91 Å². The molecule has 1 amide bonds. The van der Waals surface area contributed by atoms with Crippen LogP contribution in [0.5, 0.6) is 6.01 Å². The van der Waals surface area contributed by atoms with Crippen LogP contribution in [0.15, 0.2) is 36.7 Å². The summed E-state index contributed by atoms with van der Waals surface area (Å²) in [5, 5.41) is 2.80. The Hall–Kier alpha value is -2.50. The van der Waals surface area contributed by atoms with Crippen molar-refractivity contribution in [2.75, 3.05) is 12.4 Å². The summed E-state index contributed by atoms with van der Waals surface area (Å²) in [5.74, 6) is -0.429. The van der Waals surface area contributed by atoms with Crippen molar-refractivity contribution in [2.24, 2.45) is 0 Å². The molecule has 0 atom stereocenters. The summed E-state index contributed by atoms with van der Waals surface area (Å²) in [6.07, 6.45) is 4.48. The van der Waals surface area contributed by atoms with Crippen molar-refractivity contribution in [1.82, 2.24) is 9.97 Å². The van der Waals surface area contributed by atoms with Crippen molar-refractivity contribution in [3.8, 4) is 6.01 Å². The average Bonchev–Trinajstić information content (AvgIpc) is 3.30. The van der Waals surface area contributed by atoms with Gasteiger partial charge >= 0.3 is 6.01 Å². The van der Waals surface area contributed by atoms with E-state index in [0.29, 0.717) is 5.69 Å². The smallest absolute Gasteiger partial charge is 0.316 e. The summed E-state index contributed by atoms with van der Waals surface area (Å²) < 4.78 is 17.8. The molecular formula is C15H14FN3O2. The van der Waals surface area contributed by atoms with Crippen LogP contribution in [0.25, 0.3) is 0 Å². The first-order valence-corrected chi connectivity index (χ1v) is 6.57. The molecule has 0 unspecified atom stereocenters. The van der Waals surface area contributed by atoms with Crippen LogP contribution in [0.4, 0.5) is 10.1 Å². The van der Waals surface area contributed by atoms with Crippen LogP contribution < -0.4 is 10.1 Å². The quantitative estimate of drug-likeness (QED) is 0.937. The minimum absolute atomic E-state index is 0.122. The summed E-state index contributed by atoms with van der Waals surface area (Å²) in [7, 11) is 1.47. The maximum Gasteiger partial charge on any atom is 0.316 e. The number of carbonyl (C=O) groups excluding carboxylic acids is 1. The molecule has 1 heterocycles. The van der Waals surface area contributed by atoms with Crippen LogP contribution >= 0.6 is 0 Å². The molecule has 1 aromatic carbocycles. The molecule has 6 heteroatoms. The SMILES string of the molecule is COc1ncc(NC(=O)C2(c3ccc(F)cc3)CC2)cn1. The Bertz CT molecular complexity index is 652. The lowest BCUT2D eigenvalue weighted by Crippen LogP contribution is -2.27. The van der Waals surface area contributed by atoms with Gasteiger partial charge in [-0.2, -0.15) is 0 Å². The zero-order valence-electron chi connectivity index (χ0n) is 11.5. The monoisotopic (exact) mass is 287 g/mol. The largest absolute Gasteiger partial charge is 0.467 e. The van der Waals surface area contributed by atoms with Crippen molar-refractivity contribution in [2.45, 2.75) is 18.3 Å². The van der Waals surface area contributed by atoms with Crippen molar-refractivity contribution >= 4 is 11.6 Å². The molecule has 2 aromatic rings. The number of amides is 1. The van der Waals surface area contributed by atoms with Gasteiger partial charge in [0.15, 0.2) is 0 Å². The van der Waals surface area contributed by atoms with Gasteiger partial charge < -0.3 is 10.1 Å². The maximum atomic E-state index is 13.0. The van der Waals surface area contributed by atoms with Gasteiger partial charge in [-0.05, 0) is 30.5 Å². The Morgan fingerprint density at radius 1 is 1.24 bits per heavy atom. The Morgan fingerprint density at radius 2 is 1.86 bits per heavy atom. The predicted molar refractivity (Wildman–Crippen MR) is 74.5 cm³/mol. The van der Waals surface area contributed by atoms with E-state index in [1.807, 2.05) is 0 Å². The molecule has 21 heavy (non-hydrogen) atoms. The van der Waals surface area contributed by atoms with E-state index in [2.05, 4.69) is 15.3 Å². The van der Waals surface area contributed by atoms with E-state index in [1.54, 1.807) is 12.1 Å². The molecule has 1 aliphatic rings. The molecule has 0 radical (unpaired) electrons. The predicted octanol–water partition coefficient (Wildman–Crippen LogP) is 2.29. The summed E-state index contributed by atoms with van der Waals surface area (Å²) in [6.45, 7) is 0. The summed E-state index contributed by atoms with van der Waals surface area (Å²) in [4.78, 5) is 20.3. The third-order valence-electron chi connectivity index (χ3n) is 3.65. The maximum absolute atomic E-state index is 13.0. The number of benzene rings is 1. The van der Waals surface area contributed by atoms with Gasteiger partial charge in [0.25, 0.3) is 0 Å². The van der Waals surface area contributed by atoms with Crippen LogP contribution in [-0.4, -0.2) is 23.0 Å². The first-order valence-electron chi connectivity index (χ1n) is 6.57. The number of methoxy groups -OCH3 is 1. The van der Waals surface area contributed by atoms with Gasteiger partial charge in [-0.15, -0.1) is 0 Å². The normalized spacial score (nSPS) is 15.3. The van der Waals surface area contributed by atoms with E-state index < -0.39 is 5.41 Å². The number of hydrogen-bond donors (Lipinski definition) is 1. The lowest BCUT2D eigenvalue weighted by atomic mass is 9.95. The topological polar surface area (TPSA) is 64.1 Å². The second-order valence-electron chi connectivity index (χ2n) is 5.00. The standard InChI is InChI=1S/C15H14FN3O2/c1-21-14-17-8-12(9-18-14)19-13(20)15(6-7-15)10-2-4-11(16)5-3-10/h2-5,8-9H,6-7H2,1H3,(H,19,20). The lowest BCUT2D eigenvalue weighted by molar-refractivity contribution is -0.118. The molecule has 1 fully saturated rings. The number of carbonyl (C=O) groups is 1. The molecule has 1 aromatic heterocycles. The number of rotatable bonds is 4. The fraction of sp³-hybridized carbons (Fsp3) is 0.267. The number of aromatic nitrogens is 2. The van der Waals surface area contributed by atoms with Crippen LogP contribution in [0.1, 0.15) is 18.4 Å². The molecular weight excluding hydrogens is 273 g/mol. The van der Waals surface area contributed by atoms with Gasteiger partial charge in [0, 0.05) is 0 Å². The Labute approximate surface area is 121 Å². The van der Waals surface area contributed by atoms with Gasteiger partial charge in [0.1, 0.15) is 5.82 Å². The highest BCUT2D eigenvalue weighted by molar-refractivity contribution is 6.01. The van der Waals surface area contributed by atoms with Crippen molar-refractivity contribution in [3.05, 3.63) is 48.0 Å². The second kappa shape index (κ2) is 5.12. The van der Waals surface area contributed by atoms with Gasteiger partial charge in [-0.25, -0.2) is 14.4 Å². The Kier molecular flexibility index (Phi) is 3.29. The third kappa shape index (κ3) is 2.56. The van der Waals surface area contributed by atoms with E-state index in [4.69, 9.17) is 4.74 Å². The first kappa shape index (κ1) is 13.5. The van der Waals surface area contributed by atoms with Crippen LogP contribution in [0.3, 0.4) is 0 Å². The summed E-state index contributed by atoms with van der Waals surface area (Å²) in [5.41, 5.74) is 0.776. The molecule has 1 aliphatic carbocycles. The molecule has 3 rings (SSSR count). The van der Waals surface area contributed by atoms with Gasteiger partial charge in [0.05, 0.1) is 30.6 Å². The Balaban J connectivity index is 1.76. The minimum Gasteiger partial charge on any atom is -0.467 e. The molecule has 0 saturated heterocycles. The number of nitrogens with zero attached hydrogens (tertiary/aromatic N) is 2. The summed E-state index contributed by atoms with van der Waals surface area (Å²) in [6, 6.07) is 6.31. The molecule has 108 valence electrons. The molecule has 0 spiro atoms. The fourth-order valence-corrected chi connectivity index (χ4v) is 2.28. The fourth-order valence-electron chi connectivity index (χ4n) is 2.28. The first-order chi connectivity index (χ1) is 10.1. The van der Waals surface area contributed by atoms with Crippen molar-refractivity contribution in [1.29, 1.82) is 0 Å². The van der Waals surface area contributed by atoms with Gasteiger partial charge in [-0.1, -0.05) is 12.1 Å². The number of nitrogens with one attached hydrogen (secondary N) is 1. The van der Waals surface area contributed by atoms with Crippen LogP contribution in [0, 0.1) is 5.82 Å². The number of hydrogen-bond acceptors (Lipinski definition) is 4. The summed E-state index contributed by atoms with van der Waals surface area (Å²) >= 11 is 0. The minimum atomic E-state index is -0.562. The zero-order valence-corrected chi connectivity index (χ0v) is 11.5. The molecule has 5 nitrogen and oxygen atoms in total. The highest BCUT2D eigenvalue weighted by Gasteiger charge is 2.51. The van der Waals surface area contributed by atoms with E-state index in [9.17, 15) is 9.18 Å². The highest BCUT2D eigenvalue weighted by atomic mass is 19.1. The van der Waals surface area contributed by atoms with Crippen molar-refractivity contribution < 1.29 is 13.9 Å². The molecule has 0 aliphatic heterocycles. The highest BCUT2D eigenvalue weighted by Crippen LogP contribution is 2.48. The number of ether oxygens (including phenoxy) is 1. The van der Waals surface area contributed by atoms with Crippen molar-refractivity contribution in [3.63, 3.8) is 0 Å². The third-order valence-corrected chi connectivity index (χ3v) is 3.65. The van der Waals surface area contributed by atoms with E-state index in [-0.39, 0.29) is 17.7 Å². The van der Waals surface area contributed by atoms with Crippen LogP contribution in [-0.2, 0) is 10.2 Å². The molecule has 1 N–H and O–H groups in total. The number of halogens is 1. The average molecular weight is 287 g/mol. The van der Waals surface area contributed by atoms with Gasteiger partial charge in [-0.3, -0.25) is 4.79 Å². The Morgan fingerprint density at radius 3 is 2.38 bits per heavy atom. The molecule has 1 saturated carbocycles. The van der Waals surface area contributed by atoms with E-state index >= 15 is 0 Å². The lowest BCUT2D eigenvalue weighted by Gasteiger charge is -2.15. The zero-order chi connectivity index (χ0) is 14.9. The number of anilines is 1. The van der Waals surface area contributed by atoms with E-state index in [0.717, 1.165) is 18.4 Å². The molecule has 0 bridgehead atoms. The van der Waals surface area contributed by atoms with Crippen LogP contribution in [0.2, 0.25) is 0 Å². The second-order valence-corrected chi connectivity index (χ2v) is 5.00.